The first-order valence-corrected chi connectivity index (χ1v) is 8.90. The van der Waals surface area contributed by atoms with Crippen LogP contribution in [0, 0.1) is 6.42 Å². The number of anilines is 1. The van der Waals surface area contributed by atoms with Crippen LogP contribution in [-0.2, 0) is 7.05 Å². The highest BCUT2D eigenvalue weighted by Gasteiger charge is 2.16. The lowest BCUT2D eigenvalue weighted by Crippen LogP contribution is -2.08. The van der Waals surface area contributed by atoms with Gasteiger partial charge in [-0.3, -0.25) is 0 Å². The molecule has 0 saturated carbocycles. The first-order valence-electron chi connectivity index (χ1n) is 8.90. The molecule has 4 aromatic rings. The second-order valence-corrected chi connectivity index (χ2v) is 6.83. The first-order chi connectivity index (χ1) is 12.6. The summed E-state index contributed by atoms with van der Waals surface area (Å²) < 4.78 is 2.30. The SMILES string of the molecule is CN(C)c1ccc([CH]c2c(-c3ccccc3)n(C)c3ccccc23)cc1. The summed E-state index contributed by atoms with van der Waals surface area (Å²) in [5.74, 6) is 0. The van der Waals surface area contributed by atoms with Crippen molar-refractivity contribution in [1.29, 1.82) is 0 Å². The second-order valence-electron chi connectivity index (χ2n) is 6.83. The van der Waals surface area contributed by atoms with Crippen molar-refractivity contribution in [1.82, 2.24) is 4.57 Å². The van der Waals surface area contributed by atoms with Gasteiger partial charge in [0, 0.05) is 44.2 Å². The van der Waals surface area contributed by atoms with Crippen LogP contribution in [0.5, 0.6) is 0 Å². The van der Waals surface area contributed by atoms with E-state index in [2.05, 4.69) is 116 Å². The molecule has 0 N–H and O–H groups in total. The van der Waals surface area contributed by atoms with Gasteiger partial charge < -0.3 is 9.47 Å². The molecular formula is C24H23N2. The normalized spacial score (nSPS) is 11.0. The van der Waals surface area contributed by atoms with Crippen LogP contribution in [0.15, 0.2) is 78.9 Å². The monoisotopic (exact) mass is 339 g/mol. The number of fused-ring (bicyclic) bond motifs is 1. The number of aromatic nitrogens is 1. The molecule has 1 radical (unpaired) electrons. The molecule has 2 heteroatoms. The van der Waals surface area contributed by atoms with Gasteiger partial charge in [-0.1, -0.05) is 60.7 Å². The number of nitrogens with zero attached hydrogens (tertiary/aromatic N) is 2. The van der Waals surface area contributed by atoms with Crippen molar-refractivity contribution in [2.45, 2.75) is 0 Å². The summed E-state index contributed by atoms with van der Waals surface area (Å²) in [6.07, 6.45) is 2.30. The molecule has 26 heavy (non-hydrogen) atoms. The van der Waals surface area contributed by atoms with E-state index in [0.29, 0.717) is 0 Å². The maximum absolute atomic E-state index is 2.30. The van der Waals surface area contributed by atoms with Crippen LogP contribution in [0.1, 0.15) is 11.1 Å². The summed E-state index contributed by atoms with van der Waals surface area (Å²) in [6, 6.07) is 27.9. The topological polar surface area (TPSA) is 8.17 Å². The predicted molar refractivity (Wildman–Crippen MR) is 112 cm³/mol. The van der Waals surface area contributed by atoms with Gasteiger partial charge in [-0.2, -0.15) is 0 Å². The number of benzene rings is 3. The van der Waals surface area contributed by atoms with E-state index < -0.39 is 0 Å². The molecule has 4 rings (SSSR count). The Morgan fingerprint density at radius 1 is 0.769 bits per heavy atom. The van der Waals surface area contributed by atoms with Gasteiger partial charge in [-0.25, -0.2) is 0 Å². The summed E-state index contributed by atoms with van der Waals surface area (Å²) in [6.45, 7) is 0. The Kier molecular flexibility index (Phi) is 4.26. The quantitative estimate of drug-likeness (QED) is 0.476. The molecule has 0 saturated heterocycles. The molecule has 3 aromatic carbocycles. The molecular weight excluding hydrogens is 316 g/mol. The maximum Gasteiger partial charge on any atom is 0.0527 e. The van der Waals surface area contributed by atoms with Gasteiger partial charge >= 0.3 is 0 Å². The Labute approximate surface area is 155 Å². The fourth-order valence-corrected chi connectivity index (χ4v) is 3.55. The zero-order valence-electron chi connectivity index (χ0n) is 15.5. The molecule has 0 fully saturated rings. The van der Waals surface area contributed by atoms with E-state index in [0.717, 1.165) is 0 Å². The van der Waals surface area contributed by atoms with Crippen LogP contribution in [0.3, 0.4) is 0 Å². The average Bonchev–Trinajstić information content (AvgIpc) is 2.95. The Hall–Kier alpha value is -3.00. The average molecular weight is 339 g/mol. The van der Waals surface area contributed by atoms with Crippen molar-refractivity contribution >= 4 is 16.6 Å². The van der Waals surface area contributed by atoms with Crippen LogP contribution in [0.2, 0.25) is 0 Å². The van der Waals surface area contributed by atoms with Crippen LogP contribution < -0.4 is 4.90 Å². The fraction of sp³-hybridized carbons (Fsp3) is 0.125. The number of rotatable bonds is 4. The number of aryl methyl sites for hydroxylation is 1. The summed E-state index contributed by atoms with van der Waals surface area (Å²) in [4.78, 5) is 2.12. The van der Waals surface area contributed by atoms with Gasteiger partial charge in [0.25, 0.3) is 0 Å². The lowest BCUT2D eigenvalue weighted by atomic mass is 9.98. The molecule has 1 aromatic heterocycles. The smallest absolute Gasteiger partial charge is 0.0527 e. The zero-order chi connectivity index (χ0) is 18.1. The molecule has 0 aliphatic heterocycles. The largest absolute Gasteiger partial charge is 0.378 e. The maximum atomic E-state index is 2.30. The van der Waals surface area contributed by atoms with Gasteiger partial charge in [-0.15, -0.1) is 0 Å². The summed E-state index contributed by atoms with van der Waals surface area (Å²) in [5, 5.41) is 1.28. The molecule has 0 unspecified atom stereocenters. The minimum atomic E-state index is 1.21. The highest BCUT2D eigenvalue weighted by Crippen LogP contribution is 2.35. The van der Waals surface area contributed by atoms with Crippen molar-refractivity contribution in [3.8, 4) is 11.3 Å². The Balaban J connectivity index is 1.85. The predicted octanol–water partition coefficient (Wildman–Crippen LogP) is 5.51. The lowest BCUT2D eigenvalue weighted by Gasteiger charge is -2.13. The van der Waals surface area contributed by atoms with E-state index >= 15 is 0 Å². The molecule has 0 bridgehead atoms. The number of hydrogen-bond acceptors (Lipinski definition) is 1. The van der Waals surface area contributed by atoms with Gasteiger partial charge in [0.2, 0.25) is 0 Å². The highest BCUT2D eigenvalue weighted by molar-refractivity contribution is 5.93. The second kappa shape index (κ2) is 6.72. The summed E-state index contributed by atoms with van der Waals surface area (Å²) in [7, 11) is 6.28. The van der Waals surface area contributed by atoms with Crippen molar-refractivity contribution in [3.63, 3.8) is 0 Å². The van der Waals surface area contributed by atoms with E-state index in [9.17, 15) is 0 Å². The molecule has 0 spiro atoms. The molecule has 0 aliphatic carbocycles. The van der Waals surface area contributed by atoms with E-state index in [4.69, 9.17) is 0 Å². The number of para-hydroxylation sites is 1. The van der Waals surface area contributed by atoms with Crippen molar-refractivity contribution in [2.24, 2.45) is 7.05 Å². The summed E-state index contributed by atoms with van der Waals surface area (Å²) >= 11 is 0. The van der Waals surface area contributed by atoms with E-state index in [1.54, 1.807) is 0 Å². The lowest BCUT2D eigenvalue weighted by molar-refractivity contribution is 0.975. The van der Waals surface area contributed by atoms with Crippen molar-refractivity contribution in [2.75, 3.05) is 19.0 Å². The van der Waals surface area contributed by atoms with E-state index in [1.807, 2.05) is 0 Å². The van der Waals surface area contributed by atoms with Crippen molar-refractivity contribution in [3.05, 3.63) is 96.4 Å². The molecule has 129 valence electrons. The van der Waals surface area contributed by atoms with Crippen LogP contribution in [0.25, 0.3) is 22.2 Å². The third kappa shape index (κ3) is 2.88. The fourth-order valence-electron chi connectivity index (χ4n) is 3.55. The highest BCUT2D eigenvalue weighted by atomic mass is 15.1. The Bertz CT molecular complexity index is 1030. The van der Waals surface area contributed by atoms with Crippen LogP contribution in [-0.4, -0.2) is 18.7 Å². The van der Waals surface area contributed by atoms with Gasteiger partial charge in [-0.05, 0) is 34.9 Å². The molecule has 2 nitrogen and oxygen atoms in total. The van der Waals surface area contributed by atoms with Gasteiger partial charge in [0.1, 0.15) is 0 Å². The van der Waals surface area contributed by atoms with Crippen molar-refractivity contribution < 1.29 is 0 Å². The third-order valence-corrected chi connectivity index (χ3v) is 4.91. The van der Waals surface area contributed by atoms with Crippen LogP contribution >= 0.6 is 0 Å². The Morgan fingerprint density at radius 2 is 1.42 bits per heavy atom. The molecule has 0 aliphatic rings. The molecule has 0 atom stereocenters. The van der Waals surface area contributed by atoms with E-state index in [-0.39, 0.29) is 0 Å². The van der Waals surface area contributed by atoms with Gasteiger partial charge in [0.05, 0.1) is 5.69 Å². The zero-order valence-corrected chi connectivity index (χ0v) is 15.5. The summed E-state index contributed by atoms with van der Waals surface area (Å²) in [5.41, 5.74) is 7.44. The molecule has 1 heterocycles. The standard InChI is InChI=1S/C24H23N2/c1-25(2)20-15-13-18(14-16-20)17-22-21-11-7-8-12-23(21)26(3)24(22)19-9-5-4-6-10-19/h4-17H,1-3H3. The van der Waals surface area contributed by atoms with E-state index in [1.165, 1.54) is 39.0 Å². The number of hydrogen-bond donors (Lipinski definition) is 0. The van der Waals surface area contributed by atoms with Crippen LogP contribution in [0.4, 0.5) is 5.69 Å². The molecule has 0 amide bonds. The first kappa shape index (κ1) is 16.5. The minimum Gasteiger partial charge on any atom is -0.378 e. The minimum absolute atomic E-state index is 1.21. The Morgan fingerprint density at radius 3 is 2.12 bits per heavy atom. The van der Waals surface area contributed by atoms with Gasteiger partial charge in [0.15, 0.2) is 0 Å². The third-order valence-electron chi connectivity index (χ3n) is 4.91.